The number of hydrogen-bond acceptors (Lipinski definition) is 6. The molecule has 1 atom stereocenters. The van der Waals surface area contributed by atoms with E-state index in [4.69, 9.17) is 4.52 Å². The van der Waals surface area contributed by atoms with Crippen LogP contribution in [0.5, 0.6) is 0 Å². The molecule has 2 aromatic rings. The van der Waals surface area contributed by atoms with Crippen molar-refractivity contribution >= 4 is 11.8 Å². The van der Waals surface area contributed by atoms with Crippen LogP contribution in [0, 0.1) is 0 Å². The highest BCUT2D eigenvalue weighted by molar-refractivity contribution is 5.92. The highest BCUT2D eigenvalue weighted by Gasteiger charge is 2.31. The van der Waals surface area contributed by atoms with E-state index in [0.29, 0.717) is 50.0 Å². The van der Waals surface area contributed by atoms with Gasteiger partial charge in [-0.15, -0.1) is 0 Å². The average molecular weight is 415 g/mol. The van der Waals surface area contributed by atoms with Crippen LogP contribution in [-0.4, -0.2) is 67.2 Å². The van der Waals surface area contributed by atoms with Crippen molar-refractivity contribution in [1.29, 1.82) is 0 Å². The second kappa shape index (κ2) is 8.97. The maximum Gasteiger partial charge on any atom is 0.272 e. The molecule has 2 aliphatic rings. The monoisotopic (exact) mass is 414 g/mol. The molecular formula is C21H30N6O3. The Bertz CT molecular complexity index is 887. The molecule has 162 valence electrons. The first-order chi connectivity index (χ1) is 14.6. The van der Waals surface area contributed by atoms with Crippen molar-refractivity contribution in [1.82, 2.24) is 29.7 Å². The van der Waals surface area contributed by atoms with Crippen LogP contribution in [0.2, 0.25) is 0 Å². The molecule has 1 unspecified atom stereocenters. The molecule has 2 fully saturated rings. The van der Waals surface area contributed by atoms with E-state index >= 15 is 0 Å². The van der Waals surface area contributed by atoms with Crippen LogP contribution in [0.3, 0.4) is 0 Å². The molecule has 2 amide bonds. The molecule has 0 radical (unpaired) electrons. The van der Waals surface area contributed by atoms with Gasteiger partial charge >= 0.3 is 0 Å². The summed E-state index contributed by atoms with van der Waals surface area (Å²) in [5.74, 6) is 1.78. The molecule has 2 aromatic heterocycles. The summed E-state index contributed by atoms with van der Waals surface area (Å²) >= 11 is 0. The fraction of sp³-hybridized carbons (Fsp3) is 0.667. The number of aromatic nitrogens is 4. The van der Waals surface area contributed by atoms with E-state index < -0.39 is 0 Å². The Balaban J connectivity index is 1.38. The van der Waals surface area contributed by atoms with Gasteiger partial charge in [0.05, 0.1) is 0 Å². The van der Waals surface area contributed by atoms with Gasteiger partial charge in [0.2, 0.25) is 11.8 Å². The Morgan fingerprint density at radius 1 is 1.27 bits per heavy atom. The zero-order chi connectivity index (χ0) is 21.1. The van der Waals surface area contributed by atoms with Gasteiger partial charge in [-0.2, -0.15) is 10.1 Å². The zero-order valence-electron chi connectivity index (χ0n) is 17.8. The van der Waals surface area contributed by atoms with Crippen LogP contribution in [-0.2, 0) is 17.8 Å². The molecule has 9 nitrogen and oxygen atoms in total. The second-order valence-electron chi connectivity index (χ2n) is 8.22. The molecule has 0 spiro atoms. The molecule has 1 saturated heterocycles. The summed E-state index contributed by atoms with van der Waals surface area (Å²) in [6, 6.07) is 1.75. The summed E-state index contributed by atoms with van der Waals surface area (Å²) in [5, 5.41) is 8.30. The summed E-state index contributed by atoms with van der Waals surface area (Å²) in [5.41, 5.74) is 0.600. The van der Waals surface area contributed by atoms with Gasteiger partial charge in [0, 0.05) is 57.7 Å². The smallest absolute Gasteiger partial charge is 0.272 e. The van der Waals surface area contributed by atoms with Gasteiger partial charge in [-0.3, -0.25) is 14.3 Å². The topological polar surface area (TPSA) is 97.4 Å². The summed E-state index contributed by atoms with van der Waals surface area (Å²) in [4.78, 5) is 33.6. The normalized spacial score (nSPS) is 19.5. The highest BCUT2D eigenvalue weighted by Crippen LogP contribution is 2.35. The minimum Gasteiger partial charge on any atom is -0.339 e. The van der Waals surface area contributed by atoms with Gasteiger partial charge in [-0.25, -0.2) is 0 Å². The minimum atomic E-state index is -0.0224. The van der Waals surface area contributed by atoms with E-state index in [1.165, 1.54) is 6.42 Å². The lowest BCUT2D eigenvalue weighted by Crippen LogP contribution is -2.52. The number of carbonyl (C=O) groups excluding carboxylic acids is 2. The van der Waals surface area contributed by atoms with E-state index in [9.17, 15) is 9.59 Å². The molecule has 1 aliphatic heterocycles. The number of piperidine rings is 1. The minimum absolute atomic E-state index is 0.00352. The second-order valence-corrected chi connectivity index (χ2v) is 8.22. The summed E-state index contributed by atoms with van der Waals surface area (Å²) < 4.78 is 7.11. The lowest BCUT2D eigenvalue weighted by Gasteiger charge is -2.39. The largest absolute Gasteiger partial charge is 0.339 e. The molecule has 0 N–H and O–H groups in total. The van der Waals surface area contributed by atoms with Crippen molar-refractivity contribution in [3.05, 3.63) is 29.7 Å². The Kier molecular flexibility index (Phi) is 6.15. The summed E-state index contributed by atoms with van der Waals surface area (Å²) in [6.45, 7) is 5.97. The Morgan fingerprint density at radius 2 is 2.10 bits per heavy atom. The zero-order valence-corrected chi connectivity index (χ0v) is 17.8. The molecule has 1 saturated carbocycles. The summed E-state index contributed by atoms with van der Waals surface area (Å²) in [6.07, 6.45) is 7.42. The summed E-state index contributed by atoms with van der Waals surface area (Å²) in [7, 11) is 0. The van der Waals surface area contributed by atoms with Crippen molar-refractivity contribution < 1.29 is 14.1 Å². The fourth-order valence-electron chi connectivity index (χ4n) is 4.33. The molecule has 1 aliphatic carbocycles. The third kappa shape index (κ3) is 4.24. The standard InChI is InChI=1S/C21H30N6O3/c1-3-27-18(9-11-22-27)21(29)25-12-5-8-17(14-25)26(15(2)28)13-10-19-23-20(30-24-19)16-6-4-7-16/h9,11,16-17H,3-8,10,12-14H2,1-2H3. The van der Waals surface area contributed by atoms with Crippen molar-refractivity contribution in [3.63, 3.8) is 0 Å². The number of rotatable bonds is 7. The molecular weight excluding hydrogens is 384 g/mol. The molecule has 30 heavy (non-hydrogen) atoms. The van der Waals surface area contributed by atoms with E-state index in [0.717, 1.165) is 31.6 Å². The van der Waals surface area contributed by atoms with Gasteiger partial charge < -0.3 is 14.3 Å². The van der Waals surface area contributed by atoms with Crippen LogP contribution in [0.4, 0.5) is 0 Å². The first-order valence-corrected chi connectivity index (χ1v) is 11.0. The fourth-order valence-corrected chi connectivity index (χ4v) is 4.33. The van der Waals surface area contributed by atoms with Crippen molar-refractivity contribution in [2.75, 3.05) is 19.6 Å². The number of amides is 2. The van der Waals surface area contributed by atoms with Crippen LogP contribution in [0.15, 0.2) is 16.8 Å². The molecule has 3 heterocycles. The quantitative estimate of drug-likeness (QED) is 0.689. The van der Waals surface area contributed by atoms with Gasteiger partial charge in [0.1, 0.15) is 5.69 Å². The van der Waals surface area contributed by atoms with E-state index in [2.05, 4.69) is 15.2 Å². The van der Waals surface area contributed by atoms with E-state index in [-0.39, 0.29) is 17.9 Å². The first kappa shape index (κ1) is 20.6. The number of nitrogens with zero attached hydrogens (tertiary/aromatic N) is 6. The van der Waals surface area contributed by atoms with E-state index in [1.807, 2.05) is 16.7 Å². The number of hydrogen-bond donors (Lipinski definition) is 0. The van der Waals surface area contributed by atoms with Crippen molar-refractivity contribution in [3.8, 4) is 0 Å². The van der Waals surface area contributed by atoms with E-state index in [1.54, 1.807) is 23.9 Å². The van der Waals surface area contributed by atoms with Crippen LogP contribution < -0.4 is 0 Å². The van der Waals surface area contributed by atoms with Crippen LogP contribution in [0.1, 0.15) is 74.1 Å². The lowest BCUT2D eigenvalue weighted by atomic mass is 9.85. The Morgan fingerprint density at radius 3 is 2.80 bits per heavy atom. The van der Waals surface area contributed by atoms with Crippen molar-refractivity contribution in [2.24, 2.45) is 0 Å². The molecule has 0 aromatic carbocycles. The van der Waals surface area contributed by atoms with Gasteiger partial charge in [-0.05, 0) is 38.7 Å². The average Bonchev–Trinajstić information content (AvgIpc) is 3.36. The van der Waals surface area contributed by atoms with Crippen molar-refractivity contribution in [2.45, 2.75) is 70.9 Å². The maximum absolute atomic E-state index is 13.0. The van der Waals surface area contributed by atoms with Gasteiger partial charge in [0.25, 0.3) is 5.91 Å². The first-order valence-electron chi connectivity index (χ1n) is 11.0. The Labute approximate surface area is 176 Å². The SMILES string of the molecule is CCn1nccc1C(=O)N1CCCC(N(CCc2noc(C3CCC3)n2)C(C)=O)C1. The maximum atomic E-state index is 13.0. The molecule has 4 rings (SSSR count). The highest BCUT2D eigenvalue weighted by atomic mass is 16.5. The number of carbonyl (C=O) groups is 2. The van der Waals surface area contributed by atoms with Gasteiger partial charge in [-0.1, -0.05) is 11.6 Å². The lowest BCUT2D eigenvalue weighted by molar-refractivity contribution is -0.132. The Hall–Kier alpha value is -2.71. The van der Waals surface area contributed by atoms with Crippen LogP contribution in [0.25, 0.3) is 0 Å². The predicted octanol–water partition coefficient (Wildman–Crippen LogP) is 2.25. The third-order valence-corrected chi connectivity index (χ3v) is 6.28. The molecule has 9 heteroatoms. The number of aryl methyl sites for hydroxylation is 1. The molecule has 0 bridgehead atoms. The van der Waals surface area contributed by atoms with Crippen LogP contribution >= 0.6 is 0 Å². The number of likely N-dealkylation sites (tertiary alicyclic amines) is 1. The third-order valence-electron chi connectivity index (χ3n) is 6.28. The predicted molar refractivity (Wildman–Crippen MR) is 109 cm³/mol. The van der Waals surface area contributed by atoms with Gasteiger partial charge in [0.15, 0.2) is 5.82 Å².